The zero-order valence-electron chi connectivity index (χ0n) is 8.62. The summed E-state index contributed by atoms with van der Waals surface area (Å²) < 4.78 is 3.26. The molecule has 2 rings (SSSR count). The van der Waals surface area contributed by atoms with E-state index in [0.717, 1.165) is 16.6 Å². The first-order chi connectivity index (χ1) is 7.15. The van der Waals surface area contributed by atoms with Crippen LogP contribution in [0.5, 0.6) is 0 Å². The van der Waals surface area contributed by atoms with Gasteiger partial charge in [-0.15, -0.1) is 0 Å². The summed E-state index contributed by atoms with van der Waals surface area (Å²) in [6.07, 6.45) is 0. The molecule has 0 saturated heterocycles. The minimum Gasteiger partial charge on any atom is -0.295 e. The van der Waals surface area contributed by atoms with Gasteiger partial charge in [-0.25, -0.2) is 9.63 Å². The molecule has 1 heterocycles. The average Bonchev–Trinajstić information content (AvgIpc) is 2.45. The van der Waals surface area contributed by atoms with Gasteiger partial charge in [0.2, 0.25) is 0 Å². The Hall–Kier alpha value is -1.26. The minimum absolute atomic E-state index is 0.0130. The molecule has 1 N–H and O–H groups in total. The normalized spacial score (nSPS) is 11.1. The van der Waals surface area contributed by atoms with Crippen LogP contribution in [0.4, 0.5) is 0 Å². The van der Waals surface area contributed by atoms with Gasteiger partial charge in [-0.2, -0.15) is 0 Å². The lowest BCUT2D eigenvalue weighted by Gasteiger charge is -2.00. The van der Waals surface area contributed by atoms with E-state index in [9.17, 15) is 4.79 Å². The van der Waals surface area contributed by atoms with E-state index >= 15 is 0 Å². The number of aryl methyl sites for hydroxylation is 2. The van der Waals surface area contributed by atoms with Gasteiger partial charge in [-0.1, -0.05) is 6.07 Å². The SMILES string of the molecule is Cn1c(=O)n(C)c2cc(CNCl)ccc21. The summed E-state index contributed by atoms with van der Waals surface area (Å²) >= 11 is 5.44. The van der Waals surface area contributed by atoms with Crippen molar-refractivity contribution < 1.29 is 0 Å². The van der Waals surface area contributed by atoms with Crippen LogP contribution in [0.2, 0.25) is 0 Å². The van der Waals surface area contributed by atoms with Crippen LogP contribution in [0, 0.1) is 0 Å². The molecular weight excluding hydrogens is 214 g/mol. The van der Waals surface area contributed by atoms with Crippen LogP contribution in [0.15, 0.2) is 23.0 Å². The van der Waals surface area contributed by atoms with Crippen LogP contribution >= 0.6 is 11.8 Å². The predicted octanol–water partition coefficient (Wildman–Crippen LogP) is 1.12. The summed E-state index contributed by atoms with van der Waals surface area (Å²) in [4.78, 5) is 14.2. The fourth-order valence-electron chi connectivity index (χ4n) is 1.74. The van der Waals surface area contributed by atoms with Crippen LogP contribution in [0.25, 0.3) is 11.0 Å². The lowest BCUT2D eigenvalue weighted by molar-refractivity contribution is 0.795. The van der Waals surface area contributed by atoms with Crippen LogP contribution < -0.4 is 10.5 Å². The first-order valence-electron chi connectivity index (χ1n) is 4.63. The van der Waals surface area contributed by atoms with Crippen molar-refractivity contribution in [1.29, 1.82) is 0 Å². The highest BCUT2D eigenvalue weighted by molar-refractivity contribution is 6.13. The molecule has 4 nitrogen and oxygen atoms in total. The number of rotatable bonds is 2. The third kappa shape index (κ3) is 1.56. The van der Waals surface area contributed by atoms with Crippen LogP contribution in [-0.4, -0.2) is 9.13 Å². The maximum atomic E-state index is 11.6. The number of hydrogen-bond acceptors (Lipinski definition) is 2. The van der Waals surface area contributed by atoms with Gasteiger partial charge in [0.1, 0.15) is 0 Å². The van der Waals surface area contributed by atoms with Gasteiger partial charge in [0.05, 0.1) is 11.0 Å². The van der Waals surface area contributed by atoms with Crippen molar-refractivity contribution in [1.82, 2.24) is 14.0 Å². The van der Waals surface area contributed by atoms with Crippen molar-refractivity contribution >= 4 is 22.8 Å². The maximum absolute atomic E-state index is 11.6. The Morgan fingerprint density at radius 3 is 2.60 bits per heavy atom. The number of aromatic nitrogens is 2. The first kappa shape index (κ1) is 10.3. The largest absolute Gasteiger partial charge is 0.328 e. The van der Waals surface area contributed by atoms with E-state index in [1.165, 1.54) is 0 Å². The lowest BCUT2D eigenvalue weighted by atomic mass is 10.2. The van der Waals surface area contributed by atoms with E-state index in [1.54, 1.807) is 23.2 Å². The van der Waals surface area contributed by atoms with Crippen molar-refractivity contribution in [2.45, 2.75) is 6.54 Å². The van der Waals surface area contributed by atoms with E-state index in [-0.39, 0.29) is 5.69 Å². The van der Waals surface area contributed by atoms with Crippen molar-refractivity contribution in [2.75, 3.05) is 0 Å². The highest BCUT2D eigenvalue weighted by atomic mass is 35.5. The van der Waals surface area contributed by atoms with Crippen molar-refractivity contribution in [3.63, 3.8) is 0 Å². The molecule has 0 spiro atoms. The number of nitrogens with zero attached hydrogens (tertiary/aromatic N) is 2. The van der Waals surface area contributed by atoms with Gasteiger partial charge in [0, 0.05) is 20.6 Å². The second-order valence-electron chi connectivity index (χ2n) is 3.53. The molecule has 0 atom stereocenters. The lowest BCUT2D eigenvalue weighted by Crippen LogP contribution is -2.19. The van der Waals surface area contributed by atoms with Gasteiger partial charge in [0.15, 0.2) is 0 Å². The van der Waals surface area contributed by atoms with Crippen molar-refractivity contribution in [3.8, 4) is 0 Å². The van der Waals surface area contributed by atoms with Crippen molar-refractivity contribution in [3.05, 3.63) is 34.2 Å². The van der Waals surface area contributed by atoms with Crippen LogP contribution in [0.3, 0.4) is 0 Å². The second-order valence-corrected chi connectivity index (χ2v) is 3.80. The zero-order chi connectivity index (χ0) is 11.0. The van der Waals surface area contributed by atoms with E-state index < -0.39 is 0 Å². The maximum Gasteiger partial charge on any atom is 0.328 e. The Morgan fingerprint density at radius 2 is 1.93 bits per heavy atom. The first-order valence-corrected chi connectivity index (χ1v) is 5.01. The third-order valence-electron chi connectivity index (χ3n) is 2.61. The number of halogens is 1. The molecule has 0 aliphatic carbocycles. The Bertz CT molecular complexity index is 556. The van der Waals surface area contributed by atoms with E-state index in [1.807, 2.05) is 18.2 Å². The summed E-state index contributed by atoms with van der Waals surface area (Å²) in [6, 6.07) is 5.85. The summed E-state index contributed by atoms with van der Waals surface area (Å²) in [5.74, 6) is 0. The highest BCUT2D eigenvalue weighted by Crippen LogP contribution is 2.13. The molecule has 5 heteroatoms. The number of nitrogens with one attached hydrogen (secondary N) is 1. The molecule has 0 unspecified atom stereocenters. The Labute approximate surface area is 92.2 Å². The summed E-state index contributed by atoms with van der Waals surface area (Å²) in [5.41, 5.74) is 2.90. The molecule has 0 aliphatic heterocycles. The zero-order valence-corrected chi connectivity index (χ0v) is 9.38. The van der Waals surface area contributed by atoms with Gasteiger partial charge >= 0.3 is 5.69 Å². The van der Waals surface area contributed by atoms with Crippen LogP contribution in [0.1, 0.15) is 5.56 Å². The average molecular weight is 226 g/mol. The Balaban J connectivity index is 2.71. The monoisotopic (exact) mass is 225 g/mol. The Morgan fingerprint density at radius 1 is 1.27 bits per heavy atom. The van der Waals surface area contributed by atoms with E-state index in [0.29, 0.717) is 6.54 Å². The summed E-state index contributed by atoms with van der Waals surface area (Å²) in [5, 5.41) is 0. The summed E-state index contributed by atoms with van der Waals surface area (Å²) in [7, 11) is 3.53. The van der Waals surface area contributed by atoms with E-state index in [2.05, 4.69) is 4.84 Å². The van der Waals surface area contributed by atoms with E-state index in [4.69, 9.17) is 11.8 Å². The molecule has 15 heavy (non-hydrogen) atoms. The molecule has 0 radical (unpaired) electrons. The quantitative estimate of drug-likeness (QED) is 0.778. The standard InChI is InChI=1S/C10H12ClN3O/c1-13-8-4-3-7(6-12-11)5-9(8)14(2)10(13)15/h3-5,12H,6H2,1-2H3. The number of hydrogen-bond donors (Lipinski definition) is 1. The number of benzene rings is 1. The molecular formula is C10H12ClN3O. The summed E-state index contributed by atoms with van der Waals surface area (Å²) in [6.45, 7) is 0.584. The molecule has 80 valence electrons. The molecule has 1 aromatic carbocycles. The second kappa shape index (κ2) is 3.72. The molecule has 0 saturated carbocycles. The third-order valence-corrected chi connectivity index (χ3v) is 2.74. The fraction of sp³-hybridized carbons (Fsp3) is 0.300. The minimum atomic E-state index is -0.0130. The molecule has 2 aromatic rings. The Kier molecular flexibility index (Phi) is 2.54. The molecule has 0 bridgehead atoms. The van der Waals surface area contributed by atoms with Gasteiger partial charge in [-0.3, -0.25) is 9.13 Å². The highest BCUT2D eigenvalue weighted by Gasteiger charge is 2.07. The van der Waals surface area contributed by atoms with Gasteiger partial charge < -0.3 is 0 Å². The van der Waals surface area contributed by atoms with Crippen LogP contribution in [-0.2, 0) is 20.6 Å². The predicted molar refractivity (Wildman–Crippen MR) is 60.9 cm³/mol. The molecule has 0 fully saturated rings. The molecule has 1 aromatic heterocycles. The molecule has 0 amide bonds. The van der Waals surface area contributed by atoms with Gasteiger partial charge in [-0.05, 0) is 29.5 Å². The smallest absolute Gasteiger partial charge is 0.295 e. The fourth-order valence-corrected chi connectivity index (χ4v) is 1.89. The molecule has 0 aliphatic rings. The number of imidazole rings is 1. The number of fused-ring (bicyclic) bond motifs is 1. The van der Waals surface area contributed by atoms with Crippen molar-refractivity contribution in [2.24, 2.45) is 14.1 Å². The topological polar surface area (TPSA) is 39.0 Å². The van der Waals surface area contributed by atoms with Gasteiger partial charge in [0.25, 0.3) is 0 Å².